The van der Waals surface area contributed by atoms with E-state index < -0.39 is 0 Å². The Balaban J connectivity index is 2.11. The zero-order valence-corrected chi connectivity index (χ0v) is 13.7. The summed E-state index contributed by atoms with van der Waals surface area (Å²) in [6, 6.07) is 10.4. The third-order valence-electron chi connectivity index (χ3n) is 3.87. The van der Waals surface area contributed by atoms with Gasteiger partial charge in [-0.25, -0.2) is 0 Å². The maximum Gasteiger partial charge on any atom is 0.223 e. The van der Waals surface area contributed by atoms with Crippen molar-refractivity contribution in [3.8, 4) is 0 Å². The first-order valence-corrected chi connectivity index (χ1v) is 8.45. The van der Waals surface area contributed by atoms with Crippen molar-refractivity contribution in [3.63, 3.8) is 0 Å². The Morgan fingerprint density at radius 2 is 2.00 bits per heavy atom. The molecule has 0 spiro atoms. The number of hydrogen-bond acceptors (Lipinski definition) is 3. The molecule has 0 radical (unpaired) electrons. The molecule has 114 valence electrons. The Morgan fingerprint density at radius 3 is 2.57 bits per heavy atom. The molecule has 1 heterocycles. The van der Waals surface area contributed by atoms with Gasteiger partial charge in [0.15, 0.2) is 5.12 Å². The average Bonchev–Trinajstić information content (AvgIpc) is 2.79. The number of nitrogens with zero attached hydrogens (tertiary/aromatic N) is 1. The number of hydrogen-bond donors (Lipinski definition) is 0. The number of amides is 1. The maximum absolute atomic E-state index is 12.4. The van der Waals surface area contributed by atoms with Crippen molar-refractivity contribution in [2.75, 3.05) is 12.3 Å². The van der Waals surface area contributed by atoms with E-state index in [0.717, 1.165) is 12.3 Å². The number of carbonyl (C=O) groups excluding carboxylic acids is 2. The van der Waals surface area contributed by atoms with Crippen LogP contribution in [0.25, 0.3) is 0 Å². The third kappa shape index (κ3) is 4.10. The number of carbonyl (C=O) groups is 2. The molecule has 0 N–H and O–H groups in total. The van der Waals surface area contributed by atoms with Gasteiger partial charge in [-0.15, -0.1) is 0 Å². The summed E-state index contributed by atoms with van der Waals surface area (Å²) in [6.07, 6.45) is 0.566. The van der Waals surface area contributed by atoms with Gasteiger partial charge in [0.05, 0.1) is 6.04 Å². The molecule has 2 rings (SSSR count). The number of likely N-dealkylation sites (tertiary alicyclic amines) is 1. The second-order valence-corrected chi connectivity index (χ2v) is 7.22. The molecule has 1 fully saturated rings. The van der Waals surface area contributed by atoms with Crippen molar-refractivity contribution in [3.05, 3.63) is 35.9 Å². The van der Waals surface area contributed by atoms with Gasteiger partial charge in [0.1, 0.15) is 0 Å². The fourth-order valence-electron chi connectivity index (χ4n) is 3.00. The molecule has 1 aliphatic rings. The van der Waals surface area contributed by atoms with Gasteiger partial charge in [-0.05, 0) is 17.4 Å². The van der Waals surface area contributed by atoms with Crippen LogP contribution < -0.4 is 0 Å². The largest absolute Gasteiger partial charge is 0.335 e. The Morgan fingerprint density at radius 1 is 1.33 bits per heavy atom. The van der Waals surface area contributed by atoms with Crippen LogP contribution in [0.5, 0.6) is 0 Å². The smallest absolute Gasteiger partial charge is 0.223 e. The average molecular weight is 305 g/mol. The van der Waals surface area contributed by atoms with E-state index in [1.807, 2.05) is 23.1 Å². The Kier molecular flexibility index (Phi) is 5.45. The van der Waals surface area contributed by atoms with Crippen LogP contribution in [0.15, 0.2) is 30.3 Å². The molecule has 0 aromatic heterocycles. The summed E-state index contributed by atoms with van der Waals surface area (Å²) in [5.74, 6) is 1.62. The second-order valence-electron chi connectivity index (χ2n) is 6.02. The predicted molar refractivity (Wildman–Crippen MR) is 87.0 cm³/mol. The predicted octanol–water partition coefficient (Wildman–Crippen LogP) is 3.51. The summed E-state index contributed by atoms with van der Waals surface area (Å²) < 4.78 is 0. The fourth-order valence-corrected chi connectivity index (χ4v) is 3.69. The standard InChI is InChI=1S/C17H23NO2S/c1-12(2)17(15-7-5-4-6-8-15)18-10-14(9-16(18)20)11-21-13(3)19/h4-8,12,14,17H,9-11H2,1-3H3. The quantitative estimate of drug-likeness (QED) is 0.835. The zero-order valence-electron chi connectivity index (χ0n) is 12.9. The van der Waals surface area contributed by atoms with Crippen molar-refractivity contribution in [1.82, 2.24) is 4.90 Å². The molecular weight excluding hydrogens is 282 g/mol. The van der Waals surface area contributed by atoms with Gasteiger partial charge in [0.2, 0.25) is 5.91 Å². The number of benzene rings is 1. The number of rotatable bonds is 5. The van der Waals surface area contributed by atoms with Crippen molar-refractivity contribution >= 4 is 22.8 Å². The lowest BCUT2D eigenvalue weighted by Gasteiger charge is -2.32. The van der Waals surface area contributed by atoms with Gasteiger partial charge in [0, 0.05) is 25.6 Å². The summed E-state index contributed by atoms with van der Waals surface area (Å²) in [5.41, 5.74) is 1.20. The highest BCUT2D eigenvalue weighted by molar-refractivity contribution is 8.13. The highest BCUT2D eigenvalue weighted by Crippen LogP contribution is 2.34. The van der Waals surface area contributed by atoms with Crippen LogP contribution in [0.2, 0.25) is 0 Å². The van der Waals surface area contributed by atoms with E-state index in [2.05, 4.69) is 26.0 Å². The van der Waals surface area contributed by atoms with E-state index in [1.165, 1.54) is 17.3 Å². The van der Waals surface area contributed by atoms with Crippen LogP contribution in [-0.2, 0) is 9.59 Å². The minimum Gasteiger partial charge on any atom is -0.335 e. The fraction of sp³-hybridized carbons (Fsp3) is 0.529. The molecule has 0 bridgehead atoms. The Bertz CT molecular complexity index is 501. The monoisotopic (exact) mass is 305 g/mol. The van der Waals surface area contributed by atoms with Crippen LogP contribution in [0.1, 0.15) is 38.8 Å². The van der Waals surface area contributed by atoms with Crippen molar-refractivity contribution in [2.45, 2.75) is 33.2 Å². The van der Waals surface area contributed by atoms with Crippen LogP contribution in [-0.4, -0.2) is 28.2 Å². The molecular formula is C17H23NO2S. The van der Waals surface area contributed by atoms with E-state index in [-0.39, 0.29) is 23.0 Å². The van der Waals surface area contributed by atoms with E-state index in [1.54, 1.807) is 6.92 Å². The second kappa shape index (κ2) is 7.12. The van der Waals surface area contributed by atoms with Gasteiger partial charge in [0.25, 0.3) is 0 Å². The summed E-state index contributed by atoms with van der Waals surface area (Å²) in [6.45, 7) is 6.65. The lowest BCUT2D eigenvalue weighted by atomic mass is 9.94. The molecule has 0 saturated carbocycles. The molecule has 1 amide bonds. The lowest BCUT2D eigenvalue weighted by Crippen LogP contribution is -2.33. The molecule has 1 aromatic carbocycles. The molecule has 1 aromatic rings. The molecule has 2 unspecified atom stereocenters. The lowest BCUT2D eigenvalue weighted by molar-refractivity contribution is -0.130. The number of thioether (sulfide) groups is 1. The first-order chi connectivity index (χ1) is 9.99. The summed E-state index contributed by atoms with van der Waals surface area (Å²) in [4.78, 5) is 25.5. The van der Waals surface area contributed by atoms with Crippen LogP contribution in [0, 0.1) is 11.8 Å². The van der Waals surface area contributed by atoms with Gasteiger partial charge in [-0.3, -0.25) is 9.59 Å². The highest BCUT2D eigenvalue weighted by Gasteiger charge is 2.36. The van der Waals surface area contributed by atoms with Gasteiger partial charge >= 0.3 is 0 Å². The molecule has 2 atom stereocenters. The molecule has 4 heteroatoms. The van der Waals surface area contributed by atoms with Crippen molar-refractivity contribution < 1.29 is 9.59 Å². The highest BCUT2D eigenvalue weighted by atomic mass is 32.2. The van der Waals surface area contributed by atoms with Gasteiger partial charge in [-0.2, -0.15) is 0 Å². The van der Waals surface area contributed by atoms with Gasteiger partial charge in [-0.1, -0.05) is 55.9 Å². The minimum atomic E-state index is 0.129. The molecule has 0 aliphatic carbocycles. The topological polar surface area (TPSA) is 37.4 Å². The normalized spacial score (nSPS) is 20.1. The van der Waals surface area contributed by atoms with E-state index in [9.17, 15) is 9.59 Å². The SMILES string of the molecule is CC(=O)SCC1CC(=O)N(C(c2ccccc2)C(C)C)C1. The van der Waals surface area contributed by atoms with E-state index >= 15 is 0 Å². The van der Waals surface area contributed by atoms with Crippen molar-refractivity contribution in [2.24, 2.45) is 11.8 Å². The van der Waals surface area contributed by atoms with Crippen LogP contribution >= 0.6 is 11.8 Å². The molecule has 3 nitrogen and oxygen atoms in total. The molecule has 1 aliphatic heterocycles. The first-order valence-electron chi connectivity index (χ1n) is 7.46. The Hall–Kier alpha value is -1.29. The van der Waals surface area contributed by atoms with Crippen LogP contribution in [0.3, 0.4) is 0 Å². The molecule has 21 heavy (non-hydrogen) atoms. The molecule has 1 saturated heterocycles. The maximum atomic E-state index is 12.4. The minimum absolute atomic E-state index is 0.129. The Labute approximate surface area is 131 Å². The van der Waals surface area contributed by atoms with Crippen LogP contribution in [0.4, 0.5) is 0 Å². The van der Waals surface area contributed by atoms with Crippen molar-refractivity contribution in [1.29, 1.82) is 0 Å². The summed E-state index contributed by atoms with van der Waals surface area (Å²) in [5, 5.41) is 0.129. The summed E-state index contributed by atoms with van der Waals surface area (Å²) in [7, 11) is 0. The first kappa shape index (κ1) is 16.1. The summed E-state index contributed by atoms with van der Waals surface area (Å²) >= 11 is 1.33. The van der Waals surface area contributed by atoms with Gasteiger partial charge < -0.3 is 4.90 Å². The van der Waals surface area contributed by atoms with E-state index in [4.69, 9.17) is 0 Å². The third-order valence-corrected chi connectivity index (χ3v) is 4.91. The zero-order chi connectivity index (χ0) is 15.4. The van der Waals surface area contributed by atoms with E-state index in [0.29, 0.717) is 12.3 Å².